The van der Waals surface area contributed by atoms with Crippen molar-refractivity contribution in [1.82, 2.24) is 10.2 Å². The average molecular weight is 280 g/mol. The standard InChI is InChI=1S/C16H28N2O2/c1-5-8-11-18-14(20)15(4,12-9-10-12)17-13(19)16(18,6-2)7-3/h12H,5-11H2,1-4H3,(H,17,19). The van der Waals surface area contributed by atoms with Crippen LogP contribution in [-0.4, -0.2) is 34.3 Å². The molecule has 0 aromatic heterocycles. The Labute approximate surface area is 122 Å². The van der Waals surface area contributed by atoms with Gasteiger partial charge < -0.3 is 10.2 Å². The number of rotatable bonds is 6. The Morgan fingerprint density at radius 1 is 1.20 bits per heavy atom. The van der Waals surface area contributed by atoms with Crippen molar-refractivity contribution in [3.05, 3.63) is 0 Å². The molecule has 1 unspecified atom stereocenters. The predicted octanol–water partition coefficient (Wildman–Crippen LogP) is 2.47. The molecule has 1 aliphatic heterocycles. The summed E-state index contributed by atoms with van der Waals surface area (Å²) in [6, 6.07) is 0. The molecule has 1 aliphatic carbocycles. The maximum atomic E-state index is 13.0. The molecule has 4 heteroatoms. The third-order valence-corrected chi connectivity index (χ3v) is 5.30. The molecule has 1 saturated heterocycles. The molecule has 0 aromatic carbocycles. The van der Waals surface area contributed by atoms with Gasteiger partial charge >= 0.3 is 0 Å². The minimum Gasteiger partial charge on any atom is -0.340 e. The normalized spacial score (nSPS) is 29.5. The Hall–Kier alpha value is -1.06. The number of piperazine rings is 1. The van der Waals surface area contributed by atoms with Crippen molar-refractivity contribution < 1.29 is 9.59 Å². The summed E-state index contributed by atoms with van der Waals surface area (Å²) in [6.45, 7) is 8.75. The largest absolute Gasteiger partial charge is 0.340 e. The van der Waals surface area contributed by atoms with Crippen LogP contribution in [0.15, 0.2) is 0 Å². The van der Waals surface area contributed by atoms with Gasteiger partial charge in [0, 0.05) is 6.54 Å². The molecular formula is C16H28N2O2. The number of nitrogens with one attached hydrogen (secondary N) is 1. The highest BCUT2D eigenvalue weighted by Crippen LogP contribution is 2.44. The van der Waals surface area contributed by atoms with E-state index in [-0.39, 0.29) is 11.8 Å². The second kappa shape index (κ2) is 5.38. The van der Waals surface area contributed by atoms with Crippen molar-refractivity contribution in [2.75, 3.05) is 6.54 Å². The summed E-state index contributed by atoms with van der Waals surface area (Å²) in [5, 5.41) is 3.07. The van der Waals surface area contributed by atoms with Gasteiger partial charge in [0.05, 0.1) is 0 Å². The molecule has 20 heavy (non-hydrogen) atoms. The van der Waals surface area contributed by atoms with Gasteiger partial charge in [-0.05, 0) is 44.9 Å². The van der Waals surface area contributed by atoms with Gasteiger partial charge in [0.25, 0.3) is 0 Å². The highest BCUT2D eigenvalue weighted by molar-refractivity contribution is 6.02. The maximum Gasteiger partial charge on any atom is 0.249 e. The number of carbonyl (C=O) groups excluding carboxylic acids is 2. The highest BCUT2D eigenvalue weighted by Gasteiger charge is 2.59. The van der Waals surface area contributed by atoms with Crippen LogP contribution in [0.25, 0.3) is 0 Å². The van der Waals surface area contributed by atoms with E-state index in [1.54, 1.807) is 0 Å². The van der Waals surface area contributed by atoms with E-state index in [4.69, 9.17) is 0 Å². The van der Waals surface area contributed by atoms with E-state index in [9.17, 15) is 9.59 Å². The van der Waals surface area contributed by atoms with Crippen LogP contribution < -0.4 is 5.32 Å². The lowest BCUT2D eigenvalue weighted by molar-refractivity contribution is -0.164. The number of hydrogen-bond donors (Lipinski definition) is 1. The summed E-state index contributed by atoms with van der Waals surface area (Å²) in [7, 11) is 0. The molecule has 1 saturated carbocycles. The Morgan fingerprint density at radius 2 is 1.80 bits per heavy atom. The van der Waals surface area contributed by atoms with Crippen LogP contribution in [0.1, 0.15) is 66.2 Å². The van der Waals surface area contributed by atoms with Crippen molar-refractivity contribution in [1.29, 1.82) is 0 Å². The molecule has 4 nitrogen and oxygen atoms in total. The van der Waals surface area contributed by atoms with E-state index in [0.717, 1.165) is 25.7 Å². The van der Waals surface area contributed by atoms with Gasteiger partial charge in [-0.2, -0.15) is 0 Å². The first-order valence-corrected chi connectivity index (χ1v) is 8.11. The predicted molar refractivity (Wildman–Crippen MR) is 79.2 cm³/mol. The zero-order valence-corrected chi connectivity index (χ0v) is 13.3. The second-order valence-corrected chi connectivity index (χ2v) is 6.48. The summed E-state index contributed by atoms with van der Waals surface area (Å²) in [5.41, 5.74) is -1.31. The number of carbonyl (C=O) groups is 2. The summed E-state index contributed by atoms with van der Waals surface area (Å²) in [5.74, 6) is 0.513. The van der Waals surface area contributed by atoms with Gasteiger partial charge in [-0.15, -0.1) is 0 Å². The first kappa shape index (κ1) is 15.3. The molecule has 1 N–H and O–H groups in total. The van der Waals surface area contributed by atoms with Crippen LogP contribution >= 0.6 is 0 Å². The lowest BCUT2D eigenvalue weighted by atomic mass is 9.80. The van der Waals surface area contributed by atoms with E-state index in [1.807, 2.05) is 25.7 Å². The summed E-state index contributed by atoms with van der Waals surface area (Å²) in [4.78, 5) is 27.7. The van der Waals surface area contributed by atoms with Gasteiger partial charge in [-0.25, -0.2) is 0 Å². The number of amides is 2. The molecule has 2 rings (SSSR count). The fourth-order valence-corrected chi connectivity index (χ4v) is 3.52. The van der Waals surface area contributed by atoms with Crippen LogP contribution in [0.2, 0.25) is 0 Å². The monoisotopic (exact) mass is 280 g/mol. The van der Waals surface area contributed by atoms with E-state index >= 15 is 0 Å². The molecule has 1 atom stereocenters. The van der Waals surface area contributed by atoms with Crippen molar-refractivity contribution in [2.45, 2.75) is 77.3 Å². The minimum absolute atomic E-state index is 0.0487. The van der Waals surface area contributed by atoms with Gasteiger partial charge in [0.15, 0.2) is 0 Å². The van der Waals surface area contributed by atoms with Crippen LogP contribution in [0.4, 0.5) is 0 Å². The molecule has 0 radical (unpaired) electrons. The zero-order chi connectivity index (χ0) is 15.0. The van der Waals surface area contributed by atoms with Crippen molar-refractivity contribution in [2.24, 2.45) is 5.92 Å². The van der Waals surface area contributed by atoms with E-state index in [2.05, 4.69) is 12.2 Å². The molecule has 114 valence electrons. The smallest absolute Gasteiger partial charge is 0.249 e. The third kappa shape index (κ3) is 2.13. The SMILES string of the molecule is CCCCN1C(=O)C(C)(C2CC2)NC(=O)C1(CC)CC. The number of hydrogen-bond acceptors (Lipinski definition) is 2. The Kier molecular flexibility index (Phi) is 4.12. The second-order valence-electron chi connectivity index (χ2n) is 6.48. The molecule has 2 fully saturated rings. The summed E-state index contributed by atoms with van der Waals surface area (Å²) >= 11 is 0. The number of nitrogens with zero attached hydrogens (tertiary/aromatic N) is 1. The first-order valence-electron chi connectivity index (χ1n) is 8.11. The molecule has 0 bridgehead atoms. The fourth-order valence-electron chi connectivity index (χ4n) is 3.52. The lowest BCUT2D eigenvalue weighted by Gasteiger charge is -2.51. The maximum absolute atomic E-state index is 13.0. The average Bonchev–Trinajstić information content (AvgIpc) is 3.26. The molecule has 0 aromatic rings. The van der Waals surface area contributed by atoms with Gasteiger partial charge in [-0.1, -0.05) is 27.2 Å². The van der Waals surface area contributed by atoms with Gasteiger partial charge in [0.2, 0.25) is 11.8 Å². The minimum atomic E-state index is -0.668. The first-order chi connectivity index (χ1) is 9.46. The van der Waals surface area contributed by atoms with Gasteiger partial charge in [-0.3, -0.25) is 9.59 Å². The van der Waals surface area contributed by atoms with E-state index in [1.165, 1.54) is 0 Å². The van der Waals surface area contributed by atoms with Gasteiger partial charge in [0.1, 0.15) is 11.1 Å². The van der Waals surface area contributed by atoms with Crippen LogP contribution in [0.3, 0.4) is 0 Å². The summed E-state index contributed by atoms with van der Waals surface area (Å²) < 4.78 is 0. The Balaban J connectivity index is 2.35. The molecule has 1 heterocycles. The van der Waals surface area contributed by atoms with Crippen molar-refractivity contribution >= 4 is 11.8 Å². The quantitative estimate of drug-likeness (QED) is 0.812. The molecule has 2 aliphatic rings. The van der Waals surface area contributed by atoms with Crippen molar-refractivity contribution in [3.63, 3.8) is 0 Å². The molecular weight excluding hydrogens is 252 g/mol. The Bertz CT molecular complexity index is 399. The molecule has 2 amide bonds. The van der Waals surface area contributed by atoms with Crippen molar-refractivity contribution in [3.8, 4) is 0 Å². The molecule has 0 spiro atoms. The van der Waals surface area contributed by atoms with Crippen LogP contribution in [-0.2, 0) is 9.59 Å². The van der Waals surface area contributed by atoms with Crippen LogP contribution in [0, 0.1) is 5.92 Å². The number of unbranched alkanes of at least 4 members (excludes halogenated alkanes) is 1. The van der Waals surface area contributed by atoms with Crippen LogP contribution in [0.5, 0.6) is 0 Å². The zero-order valence-electron chi connectivity index (χ0n) is 13.3. The topological polar surface area (TPSA) is 49.4 Å². The lowest BCUT2D eigenvalue weighted by Crippen LogP contribution is -2.75. The Morgan fingerprint density at radius 3 is 2.25 bits per heavy atom. The van der Waals surface area contributed by atoms with E-state index < -0.39 is 11.1 Å². The van der Waals surface area contributed by atoms with E-state index in [0.29, 0.717) is 25.3 Å². The highest BCUT2D eigenvalue weighted by atomic mass is 16.2. The summed E-state index contributed by atoms with van der Waals surface area (Å²) in [6.07, 6.45) is 5.47. The fraction of sp³-hybridized carbons (Fsp3) is 0.875. The third-order valence-electron chi connectivity index (χ3n) is 5.30.